The number of alkyl halides is 3. The molecular formula is C16H14ClF3O. The van der Waals surface area contributed by atoms with Gasteiger partial charge < -0.3 is 4.74 Å². The lowest BCUT2D eigenvalue weighted by atomic mass is 9.99. The van der Waals surface area contributed by atoms with Crippen molar-refractivity contribution in [2.24, 2.45) is 0 Å². The number of halogens is 4. The molecule has 0 bridgehead atoms. The van der Waals surface area contributed by atoms with Crippen molar-refractivity contribution in [2.45, 2.75) is 25.8 Å². The second kappa shape index (κ2) is 6.39. The van der Waals surface area contributed by atoms with E-state index in [0.29, 0.717) is 11.1 Å². The van der Waals surface area contributed by atoms with Crippen molar-refractivity contribution >= 4 is 11.6 Å². The van der Waals surface area contributed by atoms with Gasteiger partial charge >= 0.3 is 6.61 Å². The summed E-state index contributed by atoms with van der Waals surface area (Å²) < 4.78 is 42.1. The van der Waals surface area contributed by atoms with E-state index < -0.39 is 12.0 Å². The molecule has 0 radical (unpaired) electrons. The largest absolute Gasteiger partial charge is 0.435 e. The summed E-state index contributed by atoms with van der Waals surface area (Å²) in [7, 11) is 0. The maximum absolute atomic E-state index is 13.6. The molecule has 21 heavy (non-hydrogen) atoms. The molecule has 0 fully saturated rings. The average molecular weight is 315 g/mol. The molecule has 0 aliphatic rings. The fourth-order valence-corrected chi connectivity index (χ4v) is 2.41. The highest BCUT2D eigenvalue weighted by Crippen LogP contribution is 2.32. The molecule has 0 aromatic heterocycles. The van der Waals surface area contributed by atoms with Gasteiger partial charge in [-0.05, 0) is 48.2 Å². The van der Waals surface area contributed by atoms with E-state index in [2.05, 4.69) is 4.74 Å². The minimum Gasteiger partial charge on any atom is -0.435 e. The summed E-state index contributed by atoms with van der Waals surface area (Å²) in [5, 5.41) is -0.483. The van der Waals surface area contributed by atoms with Crippen LogP contribution in [-0.4, -0.2) is 6.61 Å². The Morgan fingerprint density at radius 3 is 1.95 bits per heavy atom. The minimum atomic E-state index is -2.86. The molecule has 1 nitrogen and oxygen atoms in total. The van der Waals surface area contributed by atoms with Gasteiger partial charge in [0.2, 0.25) is 0 Å². The first-order valence-corrected chi connectivity index (χ1v) is 6.77. The SMILES string of the molecule is Cc1cc(C(Cl)c2ccc(OC(F)F)cc2)cc(C)c1F. The highest BCUT2D eigenvalue weighted by atomic mass is 35.5. The summed E-state index contributed by atoms with van der Waals surface area (Å²) in [4.78, 5) is 0. The third kappa shape index (κ3) is 3.70. The fraction of sp³-hybridized carbons (Fsp3) is 0.250. The Morgan fingerprint density at radius 1 is 0.952 bits per heavy atom. The van der Waals surface area contributed by atoms with Gasteiger partial charge in [-0.25, -0.2) is 4.39 Å². The zero-order valence-electron chi connectivity index (χ0n) is 11.5. The van der Waals surface area contributed by atoms with E-state index in [1.165, 1.54) is 12.1 Å². The van der Waals surface area contributed by atoms with E-state index in [0.717, 1.165) is 11.1 Å². The summed E-state index contributed by atoms with van der Waals surface area (Å²) in [6.07, 6.45) is 0. The van der Waals surface area contributed by atoms with Gasteiger partial charge in [0.05, 0.1) is 5.38 Å². The van der Waals surface area contributed by atoms with Crippen LogP contribution in [0.3, 0.4) is 0 Å². The Kier molecular flexibility index (Phi) is 4.78. The van der Waals surface area contributed by atoms with Gasteiger partial charge in [0, 0.05) is 0 Å². The second-order valence-electron chi connectivity index (χ2n) is 4.78. The van der Waals surface area contributed by atoms with Crippen LogP contribution in [0.4, 0.5) is 13.2 Å². The predicted octanol–water partition coefficient (Wildman–Crippen LogP) is 5.37. The molecule has 0 heterocycles. The molecule has 1 unspecified atom stereocenters. The van der Waals surface area contributed by atoms with Crippen LogP contribution in [0.1, 0.15) is 27.6 Å². The second-order valence-corrected chi connectivity index (χ2v) is 5.22. The molecule has 1 atom stereocenters. The Bertz CT molecular complexity index is 603. The Hall–Kier alpha value is -1.68. The first-order valence-electron chi connectivity index (χ1n) is 6.34. The summed E-state index contributed by atoms with van der Waals surface area (Å²) in [6, 6.07) is 9.46. The molecule has 2 rings (SSSR count). The molecule has 0 saturated carbocycles. The molecule has 0 aliphatic heterocycles. The number of ether oxygens (including phenoxy) is 1. The van der Waals surface area contributed by atoms with Crippen molar-refractivity contribution in [3.05, 3.63) is 64.5 Å². The molecule has 0 spiro atoms. The third-order valence-corrected chi connectivity index (χ3v) is 3.65. The minimum absolute atomic E-state index is 0.0732. The molecule has 112 valence electrons. The van der Waals surface area contributed by atoms with E-state index in [4.69, 9.17) is 11.6 Å². The van der Waals surface area contributed by atoms with Crippen LogP contribution in [0.5, 0.6) is 5.75 Å². The lowest BCUT2D eigenvalue weighted by Gasteiger charge is -2.14. The van der Waals surface area contributed by atoms with Crippen LogP contribution < -0.4 is 4.74 Å². The highest BCUT2D eigenvalue weighted by molar-refractivity contribution is 6.22. The Morgan fingerprint density at radius 2 is 1.48 bits per heavy atom. The maximum atomic E-state index is 13.6. The van der Waals surface area contributed by atoms with Gasteiger partial charge in [0.1, 0.15) is 11.6 Å². The van der Waals surface area contributed by atoms with Gasteiger partial charge in [-0.3, -0.25) is 0 Å². The van der Waals surface area contributed by atoms with Crippen LogP contribution in [0.15, 0.2) is 36.4 Å². The van der Waals surface area contributed by atoms with E-state index >= 15 is 0 Å². The molecule has 0 N–H and O–H groups in total. The van der Waals surface area contributed by atoms with Crippen molar-refractivity contribution in [1.82, 2.24) is 0 Å². The normalized spacial score (nSPS) is 12.5. The van der Waals surface area contributed by atoms with E-state index in [1.807, 2.05) is 0 Å². The number of hydrogen-bond donors (Lipinski definition) is 0. The number of rotatable bonds is 4. The van der Waals surface area contributed by atoms with Gasteiger partial charge in [-0.2, -0.15) is 8.78 Å². The van der Waals surface area contributed by atoms with Crippen LogP contribution in [0.25, 0.3) is 0 Å². The first-order chi connectivity index (χ1) is 9.88. The molecule has 5 heteroatoms. The van der Waals surface area contributed by atoms with Crippen LogP contribution >= 0.6 is 11.6 Å². The third-order valence-electron chi connectivity index (χ3n) is 3.15. The molecule has 0 saturated heterocycles. The lowest BCUT2D eigenvalue weighted by molar-refractivity contribution is -0.0498. The van der Waals surface area contributed by atoms with E-state index in [9.17, 15) is 13.2 Å². The fourth-order valence-electron chi connectivity index (χ4n) is 2.14. The van der Waals surface area contributed by atoms with Crippen molar-refractivity contribution in [3.63, 3.8) is 0 Å². The molecule has 0 aliphatic carbocycles. The lowest BCUT2D eigenvalue weighted by Crippen LogP contribution is -2.02. The zero-order chi connectivity index (χ0) is 15.6. The maximum Gasteiger partial charge on any atom is 0.387 e. The number of benzene rings is 2. The smallest absolute Gasteiger partial charge is 0.387 e. The summed E-state index contributed by atoms with van der Waals surface area (Å²) in [5.74, 6) is -0.174. The standard InChI is InChI=1S/C16H14ClF3O/c1-9-7-12(8-10(2)15(9)18)14(17)11-3-5-13(6-4-11)21-16(19)20/h3-8,14,16H,1-2H3. The van der Waals surface area contributed by atoms with Crippen LogP contribution in [-0.2, 0) is 0 Å². The van der Waals surface area contributed by atoms with Gasteiger partial charge in [0.15, 0.2) is 0 Å². The van der Waals surface area contributed by atoms with Crippen molar-refractivity contribution < 1.29 is 17.9 Å². The van der Waals surface area contributed by atoms with Gasteiger partial charge in [0.25, 0.3) is 0 Å². The summed E-state index contributed by atoms with van der Waals surface area (Å²) in [5.41, 5.74) is 2.53. The molecular weight excluding hydrogens is 301 g/mol. The Labute approximate surface area is 126 Å². The monoisotopic (exact) mass is 314 g/mol. The molecule has 2 aromatic rings. The summed E-state index contributed by atoms with van der Waals surface area (Å²) in [6.45, 7) is 0.495. The van der Waals surface area contributed by atoms with Crippen LogP contribution in [0.2, 0.25) is 0 Å². The first kappa shape index (κ1) is 15.7. The van der Waals surface area contributed by atoms with E-state index in [1.54, 1.807) is 38.1 Å². The molecule has 2 aromatic carbocycles. The number of hydrogen-bond acceptors (Lipinski definition) is 1. The number of aryl methyl sites for hydroxylation is 2. The summed E-state index contributed by atoms with van der Waals surface area (Å²) >= 11 is 6.37. The predicted molar refractivity (Wildman–Crippen MR) is 76.6 cm³/mol. The van der Waals surface area contributed by atoms with Gasteiger partial charge in [-0.1, -0.05) is 24.3 Å². The quantitative estimate of drug-likeness (QED) is 0.689. The van der Waals surface area contributed by atoms with Crippen molar-refractivity contribution in [2.75, 3.05) is 0 Å². The zero-order valence-corrected chi connectivity index (χ0v) is 12.3. The Balaban J connectivity index is 2.25. The van der Waals surface area contributed by atoms with Crippen molar-refractivity contribution in [1.29, 1.82) is 0 Å². The van der Waals surface area contributed by atoms with E-state index in [-0.39, 0.29) is 11.6 Å². The molecule has 0 amide bonds. The highest BCUT2D eigenvalue weighted by Gasteiger charge is 2.14. The topological polar surface area (TPSA) is 9.23 Å². The van der Waals surface area contributed by atoms with Gasteiger partial charge in [-0.15, -0.1) is 11.6 Å². The van der Waals surface area contributed by atoms with Crippen molar-refractivity contribution in [3.8, 4) is 5.75 Å². The average Bonchev–Trinajstić information content (AvgIpc) is 2.43. The van der Waals surface area contributed by atoms with Crippen LogP contribution in [0, 0.1) is 19.7 Å².